The molecule has 1 unspecified atom stereocenters. The summed E-state index contributed by atoms with van der Waals surface area (Å²) in [6.45, 7) is 0. The van der Waals surface area contributed by atoms with Crippen LogP contribution < -0.4 is 10.9 Å². The molecule has 0 spiro atoms. The third-order valence-corrected chi connectivity index (χ3v) is 4.31. The maximum atomic E-state index is 11.4. The first-order valence-electron chi connectivity index (χ1n) is 6.20. The van der Waals surface area contributed by atoms with E-state index in [0.717, 1.165) is 11.6 Å². The topological polar surface area (TPSA) is 34.0 Å². The summed E-state index contributed by atoms with van der Waals surface area (Å²) in [7, 11) is 1.78. The van der Waals surface area contributed by atoms with Gasteiger partial charge in [0.05, 0.1) is 11.7 Å². The van der Waals surface area contributed by atoms with Crippen molar-refractivity contribution in [2.24, 2.45) is 13.0 Å². The average molecular weight is 260 g/mol. The van der Waals surface area contributed by atoms with E-state index < -0.39 is 0 Å². The number of anilines is 1. The van der Waals surface area contributed by atoms with E-state index in [0.29, 0.717) is 6.04 Å². The van der Waals surface area contributed by atoms with Crippen LogP contribution in [0.5, 0.6) is 0 Å². The summed E-state index contributed by atoms with van der Waals surface area (Å²) in [5.41, 5.74) is 1.04. The van der Waals surface area contributed by atoms with Gasteiger partial charge in [0.1, 0.15) is 0 Å². The van der Waals surface area contributed by atoms with E-state index in [-0.39, 0.29) is 5.56 Å². The van der Waals surface area contributed by atoms with Gasteiger partial charge < -0.3 is 9.88 Å². The van der Waals surface area contributed by atoms with Crippen molar-refractivity contribution < 1.29 is 0 Å². The van der Waals surface area contributed by atoms with Crippen LogP contribution in [0.3, 0.4) is 0 Å². The van der Waals surface area contributed by atoms with Crippen LogP contribution in [0.1, 0.15) is 23.8 Å². The van der Waals surface area contributed by atoms with Gasteiger partial charge in [0.2, 0.25) is 5.56 Å². The largest absolute Gasteiger partial charge is 0.376 e. The van der Waals surface area contributed by atoms with Crippen LogP contribution in [0.25, 0.3) is 0 Å². The van der Waals surface area contributed by atoms with Crippen molar-refractivity contribution >= 4 is 17.0 Å². The zero-order chi connectivity index (χ0) is 12.5. The molecule has 0 bridgehead atoms. The van der Waals surface area contributed by atoms with E-state index in [1.165, 1.54) is 17.7 Å². The van der Waals surface area contributed by atoms with Crippen molar-refractivity contribution in [3.05, 3.63) is 51.1 Å². The highest BCUT2D eigenvalue weighted by molar-refractivity contribution is 7.10. The van der Waals surface area contributed by atoms with Crippen molar-refractivity contribution in [1.29, 1.82) is 0 Å². The molecule has 94 valence electrons. The Kier molecular flexibility index (Phi) is 2.96. The SMILES string of the molecule is Cn1cc(NC(c2cccs2)C2CC2)ccc1=O. The number of thiophene rings is 1. The molecule has 0 amide bonds. The van der Waals surface area contributed by atoms with Gasteiger partial charge in [-0.15, -0.1) is 11.3 Å². The third kappa shape index (κ3) is 2.34. The Morgan fingerprint density at radius 2 is 2.22 bits per heavy atom. The summed E-state index contributed by atoms with van der Waals surface area (Å²) < 4.78 is 1.61. The lowest BCUT2D eigenvalue weighted by atomic mass is 10.1. The molecule has 1 N–H and O–H groups in total. The van der Waals surface area contributed by atoms with Gasteiger partial charge in [0.25, 0.3) is 0 Å². The Labute approximate surface area is 110 Å². The summed E-state index contributed by atoms with van der Waals surface area (Å²) in [6, 6.07) is 8.15. The van der Waals surface area contributed by atoms with Gasteiger partial charge in [-0.1, -0.05) is 6.07 Å². The van der Waals surface area contributed by atoms with Crippen LogP contribution in [0, 0.1) is 5.92 Å². The van der Waals surface area contributed by atoms with E-state index >= 15 is 0 Å². The Morgan fingerprint density at radius 3 is 2.83 bits per heavy atom. The minimum atomic E-state index is 0.0274. The van der Waals surface area contributed by atoms with Gasteiger partial charge in [-0.3, -0.25) is 4.79 Å². The minimum Gasteiger partial charge on any atom is -0.376 e. The fraction of sp³-hybridized carbons (Fsp3) is 0.357. The molecule has 1 aliphatic carbocycles. The van der Waals surface area contributed by atoms with Crippen LogP contribution >= 0.6 is 11.3 Å². The van der Waals surface area contributed by atoms with E-state index in [2.05, 4.69) is 22.8 Å². The fourth-order valence-electron chi connectivity index (χ4n) is 2.18. The number of aryl methyl sites for hydroxylation is 1. The molecule has 0 aliphatic heterocycles. The smallest absolute Gasteiger partial charge is 0.250 e. The number of nitrogens with one attached hydrogen (secondary N) is 1. The molecule has 4 heteroatoms. The molecule has 1 saturated carbocycles. The summed E-state index contributed by atoms with van der Waals surface area (Å²) in [5, 5.41) is 5.68. The molecule has 3 nitrogen and oxygen atoms in total. The van der Waals surface area contributed by atoms with Crippen LogP contribution in [0.15, 0.2) is 40.6 Å². The quantitative estimate of drug-likeness (QED) is 0.917. The maximum Gasteiger partial charge on any atom is 0.250 e. The van der Waals surface area contributed by atoms with E-state index in [1.807, 2.05) is 12.3 Å². The molecule has 2 aromatic rings. The van der Waals surface area contributed by atoms with Crippen LogP contribution in [0.2, 0.25) is 0 Å². The standard InChI is InChI=1S/C14H16N2OS/c1-16-9-11(6-7-13(16)17)15-14(10-4-5-10)12-3-2-8-18-12/h2-3,6-10,14-15H,4-5H2,1H3. The highest BCUT2D eigenvalue weighted by Crippen LogP contribution is 2.44. The molecule has 2 heterocycles. The highest BCUT2D eigenvalue weighted by Gasteiger charge is 2.32. The molecule has 18 heavy (non-hydrogen) atoms. The second-order valence-corrected chi connectivity index (χ2v) is 5.82. The van der Waals surface area contributed by atoms with Crippen molar-refractivity contribution in [3.63, 3.8) is 0 Å². The average Bonchev–Trinajstić information content (AvgIpc) is 3.05. The predicted molar refractivity (Wildman–Crippen MR) is 75.1 cm³/mol. The summed E-state index contributed by atoms with van der Waals surface area (Å²) in [5.74, 6) is 0.737. The molecular weight excluding hydrogens is 244 g/mol. The normalized spacial score (nSPS) is 16.5. The number of hydrogen-bond donors (Lipinski definition) is 1. The molecule has 0 saturated heterocycles. The zero-order valence-electron chi connectivity index (χ0n) is 10.3. The molecule has 1 aliphatic rings. The van der Waals surface area contributed by atoms with E-state index in [4.69, 9.17) is 0 Å². The van der Waals surface area contributed by atoms with Crippen molar-refractivity contribution in [2.75, 3.05) is 5.32 Å². The Balaban J connectivity index is 1.84. The van der Waals surface area contributed by atoms with E-state index in [9.17, 15) is 4.79 Å². The van der Waals surface area contributed by atoms with E-state index in [1.54, 1.807) is 29.0 Å². The van der Waals surface area contributed by atoms with Crippen molar-refractivity contribution in [1.82, 2.24) is 4.57 Å². The van der Waals surface area contributed by atoms with Crippen LogP contribution in [-0.2, 0) is 7.05 Å². The number of nitrogens with zero attached hydrogens (tertiary/aromatic N) is 1. The molecule has 3 rings (SSSR count). The summed E-state index contributed by atoms with van der Waals surface area (Å²) in [4.78, 5) is 12.7. The first kappa shape index (κ1) is 11.5. The number of hydrogen-bond acceptors (Lipinski definition) is 3. The number of rotatable bonds is 4. The Hall–Kier alpha value is -1.55. The van der Waals surface area contributed by atoms with Gasteiger partial charge in [-0.05, 0) is 36.3 Å². The van der Waals surface area contributed by atoms with Crippen LogP contribution in [0.4, 0.5) is 5.69 Å². The first-order chi connectivity index (χ1) is 8.74. The molecule has 0 radical (unpaired) electrons. The second kappa shape index (κ2) is 4.61. The summed E-state index contributed by atoms with van der Waals surface area (Å²) in [6.07, 6.45) is 4.45. The summed E-state index contributed by atoms with van der Waals surface area (Å²) >= 11 is 1.79. The lowest BCUT2D eigenvalue weighted by Gasteiger charge is -2.18. The minimum absolute atomic E-state index is 0.0274. The zero-order valence-corrected chi connectivity index (χ0v) is 11.1. The fourth-order valence-corrected chi connectivity index (χ4v) is 3.05. The second-order valence-electron chi connectivity index (χ2n) is 4.84. The lowest BCUT2D eigenvalue weighted by molar-refractivity contribution is 0.688. The number of aromatic nitrogens is 1. The van der Waals surface area contributed by atoms with Gasteiger partial charge in [-0.2, -0.15) is 0 Å². The molecule has 0 aromatic carbocycles. The first-order valence-corrected chi connectivity index (χ1v) is 7.08. The van der Waals surface area contributed by atoms with Crippen molar-refractivity contribution in [3.8, 4) is 0 Å². The molecular formula is C14H16N2OS. The van der Waals surface area contributed by atoms with Crippen molar-refractivity contribution in [2.45, 2.75) is 18.9 Å². The van der Waals surface area contributed by atoms with Gasteiger partial charge >= 0.3 is 0 Å². The molecule has 2 aromatic heterocycles. The Bertz CT molecular complexity index is 584. The predicted octanol–water partition coefficient (Wildman–Crippen LogP) is 3.01. The number of pyridine rings is 1. The van der Waals surface area contributed by atoms with Gasteiger partial charge in [0.15, 0.2) is 0 Å². The molecule has 1 atom stereocenters. The van der Waals surface area contributed by atoms with Gasteiger partial charge in [0, 0.05) is 24.2 Å². The Morgan fingerprint density at radius 1 is 1.39 bits per heavy atom. The maximum absolute atomic E-state index is 11.4. The van der Waals surface area contributed by atoms with Gasteiger partial charge in [-0.25, -0.2) is 0 Å². The molecule has 1 fully saturated rings. The monoisotopic (exact) mass is 260 g/mol. The van der Waals surface area contributed by atoms with Crippen LogP contribution in [-0.4, -0.2) is 4.57 Å². The third-order valence-electron chi connectivity index (χ3n) is 3.35. The lowest BCUT2D eigenvalue weighted by Crippen LogP contribution is -2.17. The highest BCUT2D eigenvalue weighted by atomic mass is 32.1.